The first-order valence-electron chi connectivity index (χ1n) is 8.88. The first-order chi connectivity index (χ1) is 12.6. The van der Waals surface area contributed by atoms with Crippen LogP contribution in [-0.2, 0) is 12.8 Å². The van der Waals surface area contributed by atoms with Crippen LogP contribution in [0.25, 0.3) is 10.2 Å². The van der Waals surface area contributed by atoms with Gasteiger partial charge in [-0.1, -0.05) is 0 Å². The number of ether oxygens (including phenoxy) is 2. The predicted molar refractivity (Wildman–Crippen MR) is 106 cm³/mol. The first kappa shape index (κ1) is 17.1. The lowest BCUT2D eigenvalue weighted by atomic mass is 10.1. The molecule has 0 bridgehead atoms. The van der Waals surface area contributed by atoms with Crippen LogP contribution in [0.1, 0.15) is 41.2 Å². The quantitative estimate of drug-likeness (QED) is 0.708. The molecule has 1 atom stereocenters. The van der Waals surface area contributed by atoms with E-state index in [0.717, 1.165) is 46.4 Å². The molecule has 136 valence electrons. The first-order valence-corrected chi connectivity index (χ1v) is 9.69. The fourth-order valence-electron chi connectivity index (χ4n) is 3.67. The number of thiophene rings is 1. The Morgan fingerprint density at radius 2 is 2.00 bits per heavy atom. The fourth-order valence-corrected chi connectivity index (χ4v) is 4.97. The van der Waals surface area contributed by atoms with Gasteiger partial charge in [0.25, 0.3) is 0 Å². The van der Waals surface area contributed by atoms with Crippen molar-refractivity contribution in [2.24, 2.45) is 0 Å². The lowest BCUT2D eigenvalue weighted by molar-refractivity contribution is 0.397. The Morgan fingerprint density at radius 1 is 1.15 bits per heavy atom. The SMILES string of the molecule is COc1ccc(OC)c(C(C)Nc2nc(C)nc3sc4c(c23)CCC4)c1. The topological polar surface area (TPSA) is 56.3 Å². The summed E-state index contributed by atoms with van der Waals surface area (Å²) in [5, 5.41) is 4.80. The molecule has 0 saturated carbocycles. The lowest BCUT2D eigenvalue weighted by Gasteiger charge is -2.19. The number of methoxy groups -OCH3 is 2. The summed E-state index contributed by atoms with van der Waals surface area (Å²) in [5.74, 6) is 3.37. The molecule has 1 aromatic carbocycles. The van der Waals surface area contributed by atoms with E-state index in [4.69, 9.17) is 14.5 Å². The van der Waals surface area contributed by atoms with Crippen molar-refractivity contribution in [2.75, 3.05) is 19.5 Å². The molecule has 2 aromatic heterocycles. The van der Waals surface area contributed by atoms with Crippen LogP contribution in [0.3, 0.4) is 0 Å². The van der Waals surface area contributed by atoms with Gasteiger partial charge in [0, 0.05) is 10.4 Å². The van der Waals surface area contributed by atoms with E-state index in [-0.39, 0.29) is 6.04 Å². The third-order valence-corrected chi connectivity index (χ3v) is 6.12. The Kier molecular flexibility index (Phi) is 4.44. The number of anilines is 1. The normalized spacial score (nSPS) is 14.3. The van der Waals surface area contributed by atoms with Crippen molar-refractivity contribution in [3.8, 4) is 11.5 Å². The van der Waals surface area contributed by atoms with E-state index in [1.807, 2.05) is 36.5 Å². The molecule has 26 heavy (non-hydrogen) atoms. The van der Waals surface area contributed by atoms with Gasteiger partial charge in [-0.2, -0.15) is 0 Å². The van der Waals surface area contributed by atoms with Gasteiger partial charge in [-0.05, 0) is 56.9 Å². The summed E-state index contributed by atoms with van der Waals surface area (Å²) >= 11 is 1.82. The second kappa shape index (κ2) is 6.76. The van der Waals surface area contributed by atoms with E-state index < -0.39 is 0 Å². The van der Waals surface area contributed by atoms with E-state index >= 15 is 0 Å². The summed E-state index contributed by atoms with van der Waals surface area (Å²) in [6.45, 7) is 4.07. The Bertz CT molecular complexity index is 967. The zero-order valence-corrected chi connectivity index (χ0v) is 16.4. The Hall–Kier alpha value is -2.34. The van der Waals surface area contributed by atoms with Crippen molar-refractivity contribution in [1.82, 2.24) is 9.97 Å². The van der Waals surface area contributed by atoms with Crippen molar-refractivity contribution >= 4 is 27.4 Å². The molecule has 1 aliphatic carbocycles. The van der Waals surface area contributed by atoms with Gasteiger partial charge in [0.05, 0.1) is 25.6 Å². The smallest absolute Gasteiger partial charge is 0.139 e. The van der Waals surface area contributed by atoms with Crippen LogP contribution in [0.5, 0.6) is 11.5 Å². The summed E-state index contributed by atoms with van der Waals surface area (Å²) < 4.78 is 10.9. The molecule has 0 spiro atoms. The van der Waals surface area contributed by atoms with E-state index in [1.54, 1.807) is 14.2 Å². The van der Waals surface area contributed by atoms with Gasteiger partial charge in [0.2, 0.25) is 0 Å². The number of nitrogens with zero attached hydrogens (tertiary/aromatic N) is 2. The molecule has 2 heterocycles. The van der Waals surface area contributed by atoms with Crippen LogP contribution in [0.2, 0.25) is 0 Å². The number of nitrogens with one attached hydrogen (secondary N) is 1. The summed E-state index contributed by atoms with van der Waals surface area (Å²) in [6, 6.07) is 5.89. The molecule has 0 saturated heterocycles. The van der Waals surface area contributed by atoms with Gasteiger partial charge >= 0.3 is 0 Å². The van der Waals surface area contributed by atoms with Crippen LogP contribution >= 0.6 is 11.3 Å². The molecular formula is C20H23N3O2S. The van der Waals surface area contributed by atoms with Crippen LogP contribution in [-0.4, -0.2) is 24.2 Å². The second-order valence-corrected chi connectivity index (χ2v) is 7.71. The van der Waals surface area contributed by atoms with Crippen LogP contribution in [0.15, 0.2) is 18.2 Å². The van der Waals surface area contributed by atoms with Crippen molar-refractivity contribution in [3.63, 3.8) is 0 Å². The molecule has 1 N–H and O–H groups in total. The van der Waals surface area contributed by atoms with E-state index in [2.05, 4.69) is 17.2 Å². The lowest BCUT2D eigenvalue weighted by Crippen LogP contribution is -2.11. The van der Waals surface area contributed by atoms with Crippen LogP contribution in [0.4, 0.5) is 5.82 Å². The third-order valence-electron chi connectivity index (χ3n) is 4.93. The molecule has 0 amide bonds. The zero-order valence-electron chi connectivity index (χ0n) is 15.5. The van der Waals surface area contributed by atoms with Gasteiger partial charge in [0.15, 0.2) is 0 Å². The van der Waals surface area contributed by atoms with E-state index in [9.17, 15) is 0 Å². The van der Waals surface area contributed by atoms with Crippen molar-refractivity contribution in [2.45, 2.75) is 39.2 Å². The second-order valence-electron chi connectivity index (χ2n) is 6.63. The number of hydrogen-bond acceptors (Lipinski definition) is 6. The fraction of sp³-hybridized carbons (Fsp3) is 0.400. The molecule has 3 aromatic rings. The number of fused-ring (bicyclic) bond motifs is 3. The average molecular weight is 369 g/mol. The van der Waals surface area contributed by atoms with E-state index in [0.29, 0.717) is 0 Å². The number of aromatic nitrogens is 2. The largest absolute Gasteiger partial charge is 0.497 e. The minimum atomic E-state index is 0.0227. The highest BCUT2D eigenvalue weighted by atomic mass is 32.1. The molecule has 0 aliphatic heterocycles. The minimum Gasteiger partial charge on any atom is -0.497 e. The highest BCUT2D eigenvalue weighted by Crippen LogP contribution is 2.40. The summed E-state index contributed by atoms with van der Waals surface area (Å²) in [7, 11) is 3.37. The van der Waals surface area contributed by atoms with E-state index in [1.165, 1.54) is 22.2 Å². The number of benzene rings is 1. The van der Waals surface area contributed by atoms with Gasteiger partial charge in [-0.3, -0.25) is 0 Å². The predicted octanol–water partition coefficient (Wildman–Crippen LogP) is 4.68. The maximum atomic E-state index is 5.55. The molecule has 5 nitrogen and oxygen atoms in total. The Balaban J connectivity index is 1.76. The number of rotatable bonds is 5. The number of hydrogen-bond donors (Lipinski definition) is 1. The molecule has 1 unspecified atom stereocenters. The molecule has 0 fully saturated rings. The highest BCUT2D eigenvalue weighted by molar-refractivity contribution is 7.19. The summed E-state index contributed by atoms with van der Waals surface area (Å²) in [6.07, 6.45) is 3.51. The van der Waals surface area contributed by atoms with Crippen molar-refractivity contribution in [3.05, 3.63) is 40.0 Å². The molecule has 1 aliphatic rings. The van der Waals surface area contributed by atoms with Gasteiger partial charge in [-0.15, -0.1) is 11.3 Å². The number of aryl methyl sites for hydroxylation is 3. The highest BCUT2D eigenvalue weighted by Gasteiger charge is 2.23. The summed E-state index contributed by atoms with van der Waals surface area (Å²) in [5.41, 5.74) is 2.47. The third kappa shape index (κ3) is 2.88. The standard InChI is InChI=1S/C20H23N3O2S/c1-11(15-10-13(24-3)8-9-16(15)25-4)21-19-18-14-6-5-7-17(14)26-20(18)23-12(2)22-19/h8-11H,5-7H2,1-4H3,(H,21,22,23). The maximum Gasteiger partial charge on any atom is 0.139 e. The molecule has 6 heteroatoms. The Labute approximate surface area is 157 Å². The molecule has 4 rings (SSSR count). The van der Waals surface area contributed by atoms with Gasteiger partial charge in [-0.25, -0.2) is 9.97 Å². The average Bonchev–Trinajstić information content (AvgIpc) is 3.21. The molecule has 0 radical (unpaired) electrons. The monoisotopic (exact) mass is 369 g/mol. The Morgan fingerprint density at radius 3 is 2.77 bits per heavy atom. The summed E-state index contributed by atoms with van der Waals surface area (Å²) in [4.78, 5) is 11.9. The van der Waals surface area contributed by atoms with Crippen molar-refractivity contribution in [1.29, 1.82) is 0 Å². The van der Waals surface area contributed by atoms with Crippen LogP contribution < -0.4 is 14.8 Å². The van der Waals surface area contributed by atoms with Crippen molar-refractivity contribution < 1.29 is 9.47 Å². The minimum absolute atomic E-state index is 0.0227. The zero-order chi connectivity index (χ0) is 18.3. The maximum absolute atomic E-state index is 5.55. The molecular weight excluding hydrogens is 346 g/mol. The van der Waals surface area contributed by atoms with Gasteiger partial charge in [0.1, 0.15) is 28.0 Å². The van der Waals surface area contributed by atoms with Gasteiger partial charge < -0.3 is 14.8 Å². The van der Waals surface area contributed by atoms with Crippen LogP contribution in [0, 0.1) is 6.92 Å².